The van der Waals surface area contributed by atoms with E-state index in [4.69, 9.17) is 13.7 Å². The Morgan fingerprint density at radius 1 is 0.321 bits per heavy atom. The summed E-state index contributed by atoms with van der Waals surface area (Å²) in [6, 6.07) is 51.7. The molecule has 0 fully saturated rings. The molecule has 10 rings (SSSR count). The standard InChI is InChI=1S/C54H38N2/c1-5-16-39(17-6-1)45-34-46(40-18-7-2-8-19-40)37-50(36-45)56-53-27-14-13-26-51(53)52-33-32-44(38-54(52)56)42-30-28-41(29-31-42)43-20-15-25-49(35-43)55(47-21-9-3-10-22-47)48-23-11-4-12-24-48/h1-38H/i1D,2D,5D,6D,7D,8D,16D,17D,18D,19D. The number of anilines is 3. The maximum absolute atomic E-state index is 8.89. The van der Waals surface area contributed by atoms with Crippen LogP contribution in [0.2, 0.25) is 0 Å². The minimum absolute atomic E-state index is 0.0728. The van der Waals surface area contributed by atoms with Crippen molar-refractivity contribution in [3.8, 4) is 50.2 Å². The zero-order chi connectivity index (χ0) is 46.0. The van der Waals surface area contributed by atoms with E-state index in [-0.39, 0.29) is 22.3 Å². The minimum Gasteiger partial charge on any atom is -0.310 e. The zero-order valence-electron chi connectivity index (χ0n) is 40.1. The van der Waals surface area contributed by atoms with Crippen LogP contribution in [0, 0.1) is 0 Å². The second kappa shape index (κ2) is 14.4. The molecule has 9 aromatic carbocycles. The third-order valence-corrected chi connectivity index (χ3v) is 10.1. The largest absolute Gasteiger partial charge is 0.310 e. The molecule has 0 amide bonds. The Kier molecular flexibility index (Phi) is 6.21. The quantitative estimate of drug-likeness (QED) is 0.151. The number of nitrogens with zero attached hydrogens (tertiary/aromatic N) is 2. The third kappa shape index (κ3) is 6.24. The molecule has 0 unspecified atom stereocenters. The van der Waals surface area contributed by atoms with E-state index in [1.807, 2.05) is 65.2 Å². The lowest BCUT2D eigenvalue weighted by molar-refractivity contribution is 1.18. The minimum atomic E-state index is -0.537. The molecule has 0 atom stereocenters. The van der Waals surface area contributed by atoms with Gasteiger partial charge < -0.3 is 9.47 Å². The van der Waals surface area contributed by atoms with E-state index in [2.05, 4.69) is 95.9 Å². The Hall–Kier alpha value is -7.42. The smallest absolute Gasteiger partial charge is 0.0629 e. The molecule has 0 N–H and O–H groups in total. The van der Waals surface area contributed by atoms with Crippen LogP contribution in [-0.2, 0) is 0 Å². The summed E-state index contributed by atoms with van der Waals surface area (Å²) in [6.45, 7) is 0. The van der Waals surface area contributed by atoms with Crippen LogP contribution in [0.1, 0.15) is 13.7 Å². The highest BCUT2D eigenvalue weighted by atomic mass is 15.1. The molecule has 0 aliphatic heterocycles. The van der Waals surface area contributed by atoms with E-state index in [1.165, 1.54) is 6.07 Å². The first kappa shape index (κ1) is 24.1. The van der Waals surface area contributed by atoms with Gasteiger partial charge in [0.15, 0.2) is 0 Å². The average molecular weight is 725 g/mol. The summed E-state index contributed by atoms with van der Waals surface area (Å²) < 4.78 is 88.0. The van der Waals surface area contributed by atoms with Crippen LogP contribution < -0.4 is 4.90 Å². The van der Waals surface area contributed by atoms with Crippen molar-refractivity contribution in [1.29, 1.82) is 0 Å². The van der Waals surface area contributed by atoms with Crippen molar-refractivity contribution in [2.75, 3.05) is 4.90 Å². The van der Waals surface area contributed by atoms with Crippen molar-refractivity contribution in [1.82, 2.24) is 4.57 Å². The highest BCUT2D eigenvalue weighted by Crippen LogP contribution is 2.39. The van der Waals surface area contributed by atoms with Gasteiger partial charge in [0.05, 0.1) is 24.7 Å². The van der Waals surface area contributed by atoms with Gasteiger partial charge in [-0.25, -0.2) is 0 Å². The number of hydrogen-bond acceptors (Lipinski definition) is 1. The van der Waals surface area contributed by atoms with Gasteiger partial charge in [-0.3, -0.25) is 0 Å². The van der Waals surface area contributed by atoms with Crippen LogP contribution in [0.15, 0.2) is 230 Å². The maximum atomic E-state index is 8.89. The number of rotatable bonds is 8. The van der Waals surface area contributed by atoms with Crippen molar-refractivity contribution in [3.05, 3.63) is 230 Å². The predicted octanol–water partition coefficient (Wildman–Crippen LogP) is 14.9. The fourth-order valence-electron chi connectivity index (χ4n) is 7.53. The lowest BCUT2D eigenvalue weighted by Crippen LogP contribution is -2.09. The number of aromatic nitrogens is 1. The van der Waals surface area contributed by atoms with Gasteiger partial charge in [0.1, 0.15) is 0 Å². The fraction of sp³-hybridized carbons (Fsp3) is 0. The van der Waals surface area contributed by atoms with E-state index in [9.17, 15) is 0 Å². The normalized spacial score (nSPS) is 13.7. The summed E-state index contributed by atoms with van der Waals surface area (Å²) in [5, 5.41) is 1.87. The number of para-hydroxylation sites is 3. The Labute approximate surface area is 341 Å². The lowest BCUT2D eigenvalue weighted by atomic mass is 9.97. The second-order valence-electron chi connectivity index (χ2n) is 13.5. The van der Waals surface area contributed by atoms with Gasteiger partial charge in [-0.2, -0.15) is 0 Å². The Bertz CT molecular complexity index is 3350. The van der Waals surface area contributed by atoms with Crippen LogP contribution in [0.5, 0.6) is 0 Å². The predicted molar refractivity (Wildman–Crippen MR) is 237 cm³/mol. The third-order valence-electron chi connectivity index (χ3n) is 10.1. The highest BCUT2D eigenvalue weighted by molar-refractivity contribution is 6.10. The van der Waals surface area contributed by atoms with Crippen molar-refractivity contribution in [2.24, 2.45) is 0 Å². The molecule has 0 aliphatic carbocycles. The fourth-order valence-corrected chi connectivity index (χ4v) is 7.53. The Morgan fingerprint density at radius 2 is 0.821 bits per heavy atom. The number of benzene rings is 9. The second-order valence-corrected chi connectivity index (χ2v) is 13.5. The average Bonchev–Trinajstić information content (AvgIpc) is 3.68. The van der Waals surface area contributed by atoms with Gasteiger partial charge >= 0.3 is 0 Å². The van der Waals surface area contributed by atoms with Gasteiger partial charge in [-0.15, -0.1) is 0 Å². The first-order valence-corrected chi connectivity index (χ1v) is 18.4. The van der Waals surface area contributed by atoms with Crippen LogP contribution >= 0.6 is 0 Å². The van der Waals surface area contributed by atoms with Gasteiger partial charge in [-0.05, 0) is 111 Å². The van der Waals surface area contributed by atoms with Crippen LogP contribution in [0.4, 0.5) is 17.1 Å². The summed E-state index contributed by atoms with van der Waals surface area (Å²) >= 11 is 0. The number of hydrogen-bond donors (Lipinski definition) is 0. The van der Waals surface area contributed by atoms with Crippen molar-refractivity contribution < 1.29 is 13.7 Å². The van der Waals surface area contributed by atoms with Gasteiger partial charge in [0.2, 0.25) is 0 Å². The molecule has 0 aliphatic rings. The van der Waals surface area contributed by atoms with E-state index in [0.717, 1.165) is 61.1 Å². The molecule has 56 heavy (non-hydrogen) atoms. The molecule has 264 valence electrons. The molecule has 0 saturated carbocycles. The van der Waals surface area contributed by atoms with Crippen molar-refractivity contribution in [3.63, 3.8) is 0 Å². The molecule has 2 nitrogen and oxygen atoms in total. The molecule has 0 radical (unpaired) electrons. The van der Waals surface area contributed by atoms with E-state index < -0.39 is 60.4 Å². The molecular weight excluding hydrogens is 677 g/mol. The maximum Gasteiger partial charge on any atom is 0.0629 e. The highest BCUT2D eigenvalue weighted by Gasteiger charge is 2.17. The number of fused-ring (bicyclic) bond motifs is 3. The SMILES string of the molecule is [2H]c1c([2H])c([2H])c(-c2cc(-c3c([2H])c([2H])c([2H])c([2H])c3[2H])cc(-n3c4ccccc4c4ccc(-c5ccc(-c6cccc(N(c7ccccc7)c7ccccc7)c6)cc5)cc43)c2)c([2H])c1[2H]. The van der Waals surface area contributed by atoms with Gasteiger partial charge in [-0.1, -0.05) is 164 Å². The van der Waals surface area contributed by atoms with E-state index in [0.29, 0.717) is 5.69 Å². The topological polar surface area (TPSA) is 8.17 Å². The van der Waals surface area contributed by atoms with E-state index in [1.54, 1.807) is 12.1 Å². The van der Waals surface area contributed by atoms with Crippen molar-refractivity contribution in [2.45, 2.75) is 0 Å². The van der Waals surface area contributed by atoms with Crippen LogP contribution in [0.25, 0.3) is 72.0 Å². The first-order chi connectivity index (χ1) is 31.9. The molecule has 10 aromatic rings. The summed E-state index contributed by atoms with van der Waals surface area (Å²) in [5.74, 6) is 0. The Balaban J connectivity index is 1.12. The Morgan fingerprint density at radius 3 is 1.43 bits per heavy atom. The molecule has 0 bridgehead atoms. The monoisotopic (exact) mass is 724 g/mol. The first-order valence-electron chi connectivity index (χ1n) is 23.4. The molecule has 0 spiro atoms. The molecule has 0 saturated heterocycles. The summed E-state index contributed by atoms with van der Waals surface area (Å²) in [5.41, 5.74) is 9.54. The van der Waals surface area contributed by atoms with Crippen molar-refractivity contribution >= 4 is 38.9 Å². The lowest BCUT2D eigenvalue weighted by Gasteiger charge is -2.25. The molecular formula is C54H38N2. The summed E-state index contributed by atoms with van der Waals surface area (Å²) in [4.78, 5) is 2.24. The molecule has 2 heteroatoms. The van der Waals surface area contributed by atoms with Gasteiger partial charge in [0.25, 0.3) is 0 Å². The van der Waals surface area contributed by atoms with Gasteiger partial charge in [0, 0.05) is 33.5 Å². The summed E-state index contributed by atoms with van der Waals surface area (Å²) in [7, 11) is 0. The van der Waals surface area contributed by atoms with E-state index >= 15 is 0 Å². The molecule has 1 aromatic heterocycles. The van der Waals surface area contributed by atoms with Crippen LogP contribution in [0.3, 0.4) is 0 Å². The molecule has 1 heterocycles. The van der Waals surface area contributed by atoms with Crippen LogP contribution in [-0.4, -0.2) is 4.57 Å². The summed E-state index contributed by atoms with van der Waals surface area (Å²) in [6.07, 6.45) is 0. The zero-order valence-corrected chi connectivity index (χ0v) is 30.1.